The molecule has 1 atom stereocenters. The van der Waals surface area contributed by atoms with Gasteiger partial charge in [-0.05, 0) is 38.3 Å². The number of nitrogens with one attached hydrogen (secondary N) is 2. The van der Waals surface area contributed by atoms with Crippen molar-refractivity contribution in [1.29, 1.82) is 0 Å². The van der Waals surface area contributed by atoms with E-state index in [9.17, 15) is 13.2 Å². The van der Waals surface area contributed by atoms with Crippen LogP contribution in [0.2, 0.25) is 0 Å². The Labute approximate surface area is 161 Å². The van der Waals surface area contributed by atoms with Crippen LogP contribution in [0.3, 0.4) is 0 Å². The van der Waals surface area contributed by atoms with Gasteiger partial charge in [0.15, 0.2) is 0 Å². The molecule has 0 bridgehead atoms. The van der Waals surface area contributed by atoms with Gasteiger partial charge in [0.25, 0.3) is 10.0 Å². The van der Waals surface area contributed by atoms with Crippen LogP contribution in [-0.4, -0.2) is 39.3 Å². The lowest BCUT2D eigenvalue weighted by molar-refractivity contribution is -0.121. The summed E-state index contributed by atoms with van der Waals surface area (Å²) in [7, 11) is -3.47. The zero-order valence-corrected chi connectivity index (χ0v) is 16.5. The highest BCUT2D eigenvalue weighted by molar-refractivity contribution is 7.90. The molecule has 0 fully saturated rings. The monoisotopic (exact) mass is 402 g/mol. The Morgan fingerprint density at radius 1 is 1.27 bits per heavy atom. The first-order valence-electron chi connectivity index (χ1n) is 8.59. The van der Waals surface area contributed by atoms with Gasteiger partial charge in [-0.15, -0.1) is 12.4 Å². The van der Waals surface area contributed by atoms with Crippen LogP contribution in [0.5, 0.6) is 0 Å². The third kappa shape index (κ3) is 6.59. The summed E-state index contributed by atoms with van der Waals surface area (Å²) in [6.45, 7) is 3.05. The van der Waals surface area contributed by atoms with Crippen LogP contribution in [-0.2, 0) is 14.8 Å². The molecule has 0 saturated heterocycles. The average molecular weight is 403 g/mol. The fourth-order valence-corrected chi connectivity index (χ4v) is 3.79. The Morgan fingerprint density at radius 2 is 2.00 bits per heavy atom. The molecule has 7 nitrogen and oxygen atoms in total. The first kappa shape index (κ1) is 22.4. The average Bonchev–Trinajstić information content (AvgIpc) is 2.82. The van der Waals surface area contributed by atoms with Crippen molar-refractivity contribution in [2.24, 2.45) is 10.7 Å². The molecule has 0 radical (unpaired) electrons. The molecule has 4 N–H and O–H groups in total. The predicted octanol–water partition coefficient (Wildman–Crippen LogP) is 1.56. The Bertz CT molecular complexity index is 735. The summed E-state index contributed by atoms with van der Waals surface area (Å²) in [4.78, 5) is 16.3. The largest absolute Gasteiger partial charge is 0.356 e. The second-order valence-corrected chi connectivity index (χ2v) is 7.91. The predicted molar refractivity (Wildman–Crippen MR) is 105 cm³/mol. The van der Waals surface area contributed by atoms with E-state index >= 15 is 0 Å². The van der Waals surface area contributed by atoms with Gasteiger partial charge in [-0.2, -0.15) is 0 Å². The lowest BCUT2D eigenvalue weighted by Crippen LogP contribution is -2.28. The van der Waals surface area contributed by atoms with Gasteiger partial charge in [-0.1, -0.05) is 18.6 Å². The number of halogens is 1. The van der Waals surface area contributed by atoms with Gasteiger partial charge in [-0.3, -0.25) is 14.5 Å². The van der Waals surface area contributed by atoms with Gasteiger partial charge in [0.05, 0.1) is 4.90 Å². The number of hydrogen-bond acceptors (Lipinski definition) is 5. The normalized spacial score (nSPS) is 17.1. The topological polar surface area (TPSA) is 114 Å². The molecular weight excluding hydrogens is 376 g/mol. The van der Waals surface area contributed by atoms with Crippen LogP contribution >= 0.6 is 12.4 Å². The molecule has 9 heteroatoms. The number of rotatable bonds is 9. The van der Waals surface area contributed by atoms with E-state index in [4.69, 9.17) is 5.73 Å². The molecule has 1 heterocycles. The number of carbonyl (C=O) groups is 1. The highest BCUT2D eigenvalue weighted by atomic mass is 35.5. The number of carbonyl (C=O) groups excluding carboxylic acids is 1. The standard InChI is InChI=1S/C17H26N4O3S.ClH/c1-13(18)10-12-19-16(22)9-3-2-6-11-20-17-14-7-4-5-8-15(14)25(23,24)21-17;/h4-5,7-8,13H,2-3,6,9-12,18H2,1H3,(H,19,22)(H,20,21);1H. The summed E-state index contributed by atoms with van der Waals surface area (Å²) in [6.07, 6.45) is 3.73. The van der Waals surface area contributed by atoms with Gasteiger partial charge < -0.3 is 11.1 Å². The number of sulfonamides is 1. The van der Waals surface area contributed by atoms with Gasteiger partial charge in [-0.25, -0.2) is 8.42 Å². The fourth-order valence-electron chi connectivity index (χ4n) is 2.54. The maximum Gasteiger partial charge on any atom is 0.263 e. The molecule has 0 aliphatic carbocycles. The zero-order chi connectivity index (χ0) is 18.3. The van der Waals surface area contributed by atoms with E-state index in [1.54, 1.807) is 24.3 Å². The molecule has 0 aromatic heterocycles. The SMILES string of the molecule is CC(N)CCNC(=O)CCCCCN=C1NS(=O)(=O)c2ccccc21.Cl. The Morgan fingerprint density at radius 3 is 2.73 bits per heavy atom. The van der Waals surface area contributed by atoms with Crippen molar-refractivity contribution >= 4 is 34.2 Å². The Hall–Kier alpha value is -1.64. The van der Waals surface area contributed by atoms with Crippen molar-refractivity contribution in [3.63, 3.8) is 0 Å². The molecule has 1 amide bonds. The van der Waals surface area contributed by atoms with Crippen molar-refractivity contribution in [3.05, 3.63) is 29.8 Å². The van der Waals surface area contributed by atoms with E-state index in [0.29, 0.717) is 30.9 Å². The third-order valence-corrected chi connectivity index (χ3v) is 5.31. The van der Waals surface area contributed by atoms with Crippen molar-refractivity contribution in [3.8, 4) is 0 Å². The minimum Gasteiger partial charge on any atom is -0.356 e. The molecule has 2 rings (SSSR count). The van der Waals surface area contributed by atoms with Gasteiger partial charge in [0.1, 0.15) is 5.84 Å². The van der Waals surface area contributed by atoms with Crippen LogP contribution < -0.4 is 15.8 Å². The number of aliphatic imine (C=N–C) groups is 1. The smallest absolute Gasteiger partial charge is 0.263 e. The second-order valence-electron chi connectivity index (χ2n) is 6.26. The molecule has 146 valence electrons. The summed E-state index contributed by atoms with van der Waals surface area (Å²) in [5.74, 6) is 0.452. The summed E-state index contributed by atoms with van der Waals surface area (Å²) in [6, 6.07) is 6.90. The van der Waals surface area contributed by atoms with Gasteiger partial charge in [0, 0.05) is 31.1 Å². The van der Waals surface area contributed by atoms with Crippen LogP contribution in [0.1, 0.15) is 44.6 Å². The van der Waals surface area contributed by atoms with E-state index in [2.05, 4.69) is 15.0 Å². The summed E-state index contributed by atoms with van der Waals surface area (Å²) >= 11 is 0. The number of hydrogen-bond donors (Lipinski definition) is 3. The fraction of sp³-hybridized carbons (Fsp3) is 0.529. The maximum atomic E-state index is 12.0. The highest BCUT2D eigenvalue weighted by Gasteiger charge is 2.29. The third-order valence-electron chi connectivity index (χ3n) is 3.92. The Balaban J connectivity index is 0.00000338. The zero-order valence-electron chi connectivity index (χ0n) is 14.9. The maximum absolute atomic E-state index is 12.0. The van der Waals surface area contributed by atoms with Crippen molar-refractivity contribution < 1.29 is 13.2 Å². The van der Waals surface area contributed by atoms with Crippen LogP contribution in [0.4, 0.5) is 0 Å². The minimum absolute atomic E-state index is 0. The number of amides is 1. The quantitative estimate of drug-likeness (QED) is 0.544. The molecule has 1 aliphatic heterocycles. The number of nitrogens with zero attached hydrogens (tertiary/aromatic N) is 1. The molecule has 1 unspecified atom stereocenters. The first-order valence-corrected chi connectivity index (χ1v) is 10.1. The number of unbranched alkanes of at least 4 members (excludes halogenated alkanes) is 2. The van der Waals surface area contributed by atoms with E-state index in [-0.39, 0.29) is 29.3 Å². The van der Waals surface area contributed by atoms with E-state index in [1.807, 2.05) is 6.92 Å². The van der Waals surface area contributed by atoms with Crippen molar-refractivity contribution in [2.45, 2.75) is 50.0 Å². The lowest BCUT2D eigenvalue weighted by Gasteiger charge is -2.07. The van der Waals surface area contributed by atoms with E-state index in [0.717, 1.165) is 25.7 Å². The number of fused-ring (bicyclic) bond motifs is 1. The number of benzene rings is 1. The number of amidine groups is 1. The van der Waals surface area contributed by atoms with Crippen molar-refractivity contribution in [1.82, 2.24) is 10.0 Å². The minimum atomic E-state index is -3.47. The molecule has 1 aliphatic rings. The molecular formula is C17H27ClN4O3S. The van der Waals surface area contributed by atoms with Gasteiger partial charge >= 0.3 is 0 Å². The second kappa shape index (κ2) is 10.5. The summed E-state index contributed by atoms with van der Waals surface area (Å²) in [5.41, 5.74) is 6.25. The van der Waals surface area contributed by atoms with Crippen LogP contribution in [0.25, 0.3) is 0 Å². The van der Waals surface area contributed by atoms with Gasteiger partial charge in [0.2, 0.25) is 5.91 Å². The van der Waals surface area contributed by atoms with Crippen LogP contribution in [0.15, 0.2) is 34.2 Å². The van der Waals surface area contributed by atoms with Crippen molar-refractivity contribution in [2.75, 3.05) is 13.1 Å². The molecule has 1 aromatic carbocycles. The molecule has 1 aromatic rings. The Kier molecular flexibility index (Phi) is 9.04. The molecule has 0 spiro atoms. The highest BCUT2D eigenvalue weighted by Crippen LogP contribution is 2.22. The summed E-state index contributed by atoms with van der Waals surface area (Å²) in [5, 5.41) is 2.85. The lowest BCUT2D eigenvalue weighted by atomic mass is 10.1. The van der Waals surface area contributed by atoms with E-state index < -0.39 is 10.0 Å². The van der Waals surface area contributed by atoms with E-state index in [1.165, 1.54) is 0 Å². The summed E-state index contributed by atoms with van der Waals surface area (Å²) < 4.78 is 26.4. The molecule has 0 saturated carbocycles. The number of nitrogens with two attached hydrogens (primary N) is 1. The van der Waals surface area contributed by atoms with Crippen LogP contribution in [0, 0.1) is 0 Å². The first-order chi connectivity index (χ1) is 11.9. The molecule has 26 heavy (non-hydrogen) atoms.